The normalized spacial score (nSPS) is 10.9. The summed E-state index contributed by atoms with van der Waals surface area (Å²) in [5.74, 6) is 0. The first-order valence-electron chi connectivity index (χ1n) is 5.28. The number of nitrogens with one attached hydrogen (secondary N) is 1. The second-order valence-electron chi connectivity index (χ2n) is 3.91. The van der Waals surface area contributed by atoms with Crippen LogP contribution >= 0.6 is 0 Å². The van der Waals surface area contributed by atoms with Gasteiger partial charge in [0.2, 0.25) is 0 Å². The van der Waals surface area contributed by atoms with Gasteiger partial charge in [-0.3, -0.25) is 0 Å². The van der Waals surface area contributed by atoms with Crippen LogP contribution in [0.2, 0.25) is 0 Å². The maximum Gasteiger partial charge on any atom is 0.255 e. The number of hydrogen-bond donors (Lipinski definition) is 1. The second-order valence-corrected chi connectivity index (χ2v) is 3.91. The number of rotatable bonds is 5. The van der Waals surface area contributed by atoms with E-state index in [-0.39, 0.29) is 6.54 Å². The fourth-order valence-corrected chi connectivity index (χ4v) is 1.62. The number of anilines is 1. The van der Waals surface area contributed by atoms with Gasteiger partial charge < -0.3 is 10.2 Å². The SMILES string of the molecule is CNCc1ccc(N(C)CC(F)F)cc1C. The van der Waals surface area contributed by atoms with Crippen LogP contribution in [0.3, 0.4) is 0 Å². The fraction of sp³-hybridized carbons (Fsp3) is 0.500. The average Bonchev–Trinajstić information content (AvgIpc) is 2.20. The van der Waals surface area contributed by atoms with Crippen LogP contribution in [-0.4, -0.2) is 27.1 Å². The second kappa shape index (κ2) is 5.80. The Balaban J connectivity index is 2.79. The van der Waals surface area contributed by atoms with Crippen molar-refractivity contribution in [3.05, 3.63) is 29.3 Å². The predicted octanol–water partition coefficient (Wildman–Crippen LogP) is 2.42. The van der Waals surface area contributed by atoms with Crippen molar-refractivity contribution in [2.75, 3.05) is 25.5 Å². The van der Waals surface area contributed by atoms with Crippen LogP contribution in [0.5, 0.6) is 0 Å². The third-order valence-corrected chi connectivity index (χ3v) is 2.55. The zero-order chi connectivity index (χ0) is 12.1. The fourth-order valence-electron chi connectivity index (χ4n) is 1.62. The van der Waals surface area contributed by atoms with Gasteiger partial charge in [-0.1, -0.05) is 6.07 Å². The van der Waals surface area contributed by atoms with E-state index in [0.717, 1.165) is 17.8 Å². The molecule has 4 heteroatoms. The summed E-state index contributed by atoms with van der Waals surface area (Å²) in [5.41, 5.74) is 3.14. The van der Waals surface area contributed by atoms with E-state index in [9.17, 15) is 8.78 Å². The molecule has 0 amide bonds. The van der Waals surface area contributed by atoms with E-state index in [0.29, 0.717) is 0 Å². The highest BCUT2D eigenvalue weighted by Gasteiger charge is 2.09. The molecule has 0 bridgehead atoms. The highest BCUT2D eigenvalue weighted by Crippen LogP contribution is 2.18. The molecule has 2 nitrogen and oxygen atoms in total. The van der Waals surface area contributed by atoms with Gasteiger partial charge in [-0.2, -0.15) is 0 Å². The van der Waals surface area contributed by atoms with Gasteiger partial charge in [-0.05, 0) is 37.2 Å². The Bertz CT molecular complexity index is 340. The number of hydrogen-bond acceptors (Lipinski definition) is 2. The van der Waals surface area contributed by atoms with Gasteiger partial charge in [0.1, 0.15) is 0 Å². The molecule has 0 aromatic heterocycles. The number of aryl methyl sites for hydroxylation is 1. The molecule has 16 heavy (non-hydrogen) atoms. The lowest BCUT2D eigenvalue weighted by Gasteiger charge is -2.20. The van der Waals surface area contributed by atoms with Crippen molar-refractivity contribution in [2.45, 2.75) is 19.9 Å². The van der Waals surface area contributed by atoms with Crippen molar-refractivity contribution < 1.29 is 8.78 Å². The quantitative estimate of drug-likeness (QED) is 0.832. The van der Waals surface area contributed by atoms with E-state index < -0.39 is 6.43 Å². The van der Waals surface area contributed by atoms with Crippen molar-refractivity contribution in [1.29, 1.82) is 0 Å². The molecule has 0 saturated carbocycles. The molecule has 0 aliphatic carbocycles. The molecule has 0 fully saturated rings. The number of benzene rings is 1. The molecule has 0 spiro atoms. The molecule has 1 aromatic rings. The van der Waals surface area contributed by atoms with E-state index in [1.807, 2.05) is 32.2 Å². The lowest BCUT2D eigenvalue weighted by Crippen LogP contribution is -2.24. The topological polar surface area (TPSA) is 15.3 Å². The zero-order valence-electron chi connectivity index (χ0n) is 9.93. The van der Waals surface area contributed by atoms with E-state index >= 15 is 0 Å². The molecule has 1 rings (SSSR count). The summed E-state index contributed by atoms with van der Waals surface area (Å²) in [7, 11) is 3.56. The van der Waals surface area contributed by atoms with Crippen molar-refractivity contribution >= 4 is 5.69 Å². The Kier molecular flexibility index (Phi) is 4.68. The van der Waals surface area contributed by atoms with Gasteiger partial charge in [0, 0.05) is 19.3 Å². The van der Waals surface area contributed by atoms with Crippen LogP contribution in [-0.2, 0) is 6.54 Å². The van der Waals surface area contributed by atoms with Crippen molar-refractivity contribution in [3.8, 4) is 0 Å². The van der Waals surface area contributed by atoms with E-state index in [1.54, 1.807) is 11.9 Å². The summed E-state index contributed by atoms with van der Waals surface area (Å²) in [4.78, 5) is 1.57. The van der Waals surface area contributed by atoms with Crippen LogP contribution < -0.4 is 10.2 Å². The number of alkyl halides is 2. The van der Waals surface area contributed by atoms with Crippen LogP contribution in [0.25, 0.3) is 0 Å². The maximum atomic E-state index is 12.2. The highest BCUT2D eigenvalue weighted by molar-refractivity contribution is 5.50. The first kappa shape index (κ1) is 12.9. The van der Waals surface area contributed by atoms with Crippen LogP contribution in [0.15, 0.2) is 18.2 Å². The average molecular weight is 228 g/mol. The number of nitrogens with zero attached hydrogens (tertiary/aromatic N) is 1. The Hall–Kier alpha value is -1.16. The highest BCUT2D eigenvalue weighted by atomic mass is 19.3. The molecule has 0 unspecified atom stereocenters. The van der Waals surface area contributed by atoms with E-state index in [1.165, 1.54) is 5.56 Å². The first-order valence-corrected chi connectivity index (χ1v) is 5.28. The molecular weight excluding hydrogens is 210 g/mol. The molecule has 0 aliphatic heterocycles. The summed E-state index contributed by atoms with van der Waals surface area (Å²) in [5, 5.41) is 3.07. The number of halogens is 2. The molecular formula is C12H18F2N2. The standard InChI is InChI=1S/C12H18F2N2/c1-9-6-11(16(3)8-12(13)14)5-4-10(9)7-15-2/h4-6,12,15H,7-8H2,1-3H3. The van der Waals surface area contributed by atoms with Gasteiger partial charge in [-0.25, -0.2) is 8.78 Å². The Labute approximate surface area is 95.3 Å². The van der Waals surface area contributed by atoms with Crippen molar-refractivity contribution in [3.63, 3.8) is 0 Å². The summed E-state index contributed by atoms with van der Waals surface area (Å²) in [6.07, 6.45) is -2.30. The Morgan fingerprint density at radius 1 is 1.38 bits per heavy atom. The third kappa shape index (κ3) is 3.45. The largest absolute Gasteiger partial charge is 0.369 e. The van der Waals surface area contributed by atoms with E-state index in [2.05, 4.69) is 5.32 Å². The van der Waals surface area contributed by atoms with Gasteiger partial charge in [0.05, 0.1) is 6.54 Å². The summed E-state index contributed by atoms with van der Waals surface area (Å²) >= 11 is 0. The van der Waals surface area contributed by atoms with E-state index in [4.69, 9.17) is 0 Å². The van der Waals surface area contributed by atoms with Gasteiger partial charge in [-0.15, -0.1) is 0 Å². The minimum atomic E-state index is -2.30. The Morgan fingerprint density at radius 2 is 2.06 bits per heavy atom. The lowest BCUT2D eigenvalue weighted by molar-refractivity contribution is 0.156. The van der Waals surface area contributed by atoms with Crippen LogP contribution in [0, 0.1) is 6.92 Å². The summed E-state index contributed by atoms with van der Waals surface area (Å²) in [6.45, 7) is 2.56. The van der Waals surface area contributed by atoms with Crippen molar-refractivity contribution in [2.24, 2.45) is 0 Å². The monoisotopic (exact) mass is 228 g/mol. The molecule has 0 radical (unpaired) electrons. The lowest BCUT2D eigenvalue weighted by atomic mass is 10.1. The molecule has 0 atom stereocenters. The molecule has 0 saturated heterocycles. The predicted molar refractivity (Wildman–Crippen MR) is 63.2 cm³/mol. The smallest absolute Gasteiger partial charge is 0.255 e. The van der Waals surface area contributed by atoms with Crippen molar-refractivity contribution in [1.82, 2.24) is 5.32 Å². The molecule has 0 aliphatic rings. The maximum absolute atomic E-state index is 12.2. The summed E-state index contributed by atoms with van der Waals surface area (Å²) < 4.78 is 24.4. The minimum Gasteiger partial charge on any atom is -0.369 e. The minimum absolute atomic E-state index is 0.231. The molecule has 1 aromatic carbocycles. The molecule has 0 heterocycles. The Morgan fingerprint density at radius 3 is 2.56 bits per heavy atom. The van der Waals surface area contributed by atoms with Gasteiger partial charge in [0.25, 0.3) is 6.43 Å². The molecule has 90 valence electrons. The molecule has 1 N–H and O–H groups in total. The van der Waals surface area contributed by atoms with Crippen LogP contribution in [0.1, 0.15) is 11.1 Å². The first-order chi connectivity index (χ1) is 7.54. The van der Waals surface area contributed by atoms with Gasteiger partial charge >= 0.3 is 0 Å². The third-order valence-electron chi connectivity index (χ3n) is 2.55. The summed E-state index contributed by atoms with van der Waals surface area (Å²) in [6, 6.07) is 5.79. The zero-order valence-corrected chi connectivity index (χ0v) is 9.93. The van der Waals surface area contributed by atoms with Gasteiger partial charge in [0.15, 0.2) is 0 Å². The van der Waals surface area contributed by atoms with Crippen LogP contribution in [0.4, 0.5) is 14.5 Å².